The fraction of sp³-hybridized carbons (Fsp3) is 0.857. The molecule has 3 N–H and O–H groups in total. The molecule has 0 spiro atoms. The maximum atomic E-state index is 11.0. The van der Waals surface area contributed by atoms with Crippen LogP contribution in [0.15, 0.2) is 0 Å². The van der Waals surface area contributed by atoms with E-state index in [9.17, 15) is 9.59 Å². The van der Waals surface area contributed by atoms with E-state index in [4.69, 9.17) is 5.11 Å². The second kappa shape index (κ2) is 8.15. The standard InChI is InChI=1S/C14H26N2O3/c1-10(12-7-5-3-4-6-8-12)15-9-13(14(18)19)16-11(2)17/h10,12-13,15H,3-9H2,1-2H3,(H,16,17)(H,18,19)/t10-,13?/m1/s1. The molecule has 19 heavy (non-hydrogen) atoms. The molecule has 110 valence electrons. The van der Waals surface area contributed by atoms with Gasteiger partial charge in [0.15, 0.2) is 0 Å². The molecule has 0 aromatic carbocycles. The summed E-state index contributed by atoms with van der Waals surface area (Å²) in [7, 11) is 0. The molecule has 1 rings (SSSR count). The molecule has 1 aliphatic carbocycles. The Morgan fingerprint density at radius 1 is 1.21 bits per heavy atom. The minimum atomic E-state index is -0.990. The van der Waals surface area contributed by atoms with Gasteiger partial charge in [-0.3, -0.25) is 4.79 Å². The molecule has 5 heteroatoms. The average Bonchev–Trinajstić information content (AvgIpc) is 2.62. The maximum Gasteiger partial charge on any atom is 0.327 e. The first-order valence-corrected chi connectivity index (χ1v) is 7.24. The Kier molecular flexibility index (Phi) is 6.84. The topological polar surface area (TPSA) is 78.4 Å². The van der Waals surface area contributed by atoms with E-state index in [1.165, 1.54) is 45.4 Å². The Balaban J connectivity index is 2.39. The Morgan fingerprint density at radius 2 is 1.79 bits per heavy atom. The third-order valence-electron chi connectivity index (χ3n) is 3.93. The van der Waals surface area contributed by atoms with Crippen LogP contribution in [0.2, 0.25) is 0 Å². The van der Waals surface area contributed by atoms with E-state index in [0.29, 0.717) is 12.0 Å². The third-order valence-corrected chi connectivity index (χ3v) is 3.93. The Labute approximate surface area is 115 Å². The minimum absolute atomic E-state index is 0.284. The van der Waals surface area contributed by atoms with Crippen LogP contribution >= 0.6 is 0 Å². The number of hydrogen-bond donors (Lipinski definition) is 3. The lowest BCUT2D eigenvalue weighted by Crippen LogP contribution is -2.49. The van der Waals surface area contributed by atoms with Crippen LogP contribution in [0.1, 0.15) is 52.4 Å². The lowest BCUT2D eigenvalue weighted by molar-refractivity contribution is -0.141. The molecule has 0 bridgehead atoms. The second-order valence-corrected chi connectivity index (χ2v) is 5.54. The Bertz CT molecular complexity index is 299. The van der Waals surface area contributed by atoms with Crippen LogP contribution in [0.4, 0.5) is 0 Å². The predicted octanol–water partition coefficient (Wildman–Crippen LogP) is 1.52. The summed E-state index contributed by atoms with van der Waals surface area (Å²) in [6.07, 6.45) is 7.59. The van der Waals surface area contributed by atoms with Crippen molar-refractivity contribution < 1.29 is 14.7 Å². The van der Waals surface area contributed by atoms with Gasteiger partial charge in [0.2, 0.25) is 5.91 Å². The van der Waals surface area contributed by atoms with Crippen LogP contribution in [0.5, 0.6) is 0 Å². The van der Waals surface area contributed by atoms with Gasteiger partial charge in [-0.25, -0.2) is 4.79 Å². The number of amides is 1. The van der Waals surface area contributed by atoms with Gasteiger partial charge in [-0.15, -0.1) is 0 Å². The summed E-state index contributed by atoms with van der Waals surface area (Å²) < 4.78 is 0. The fourth-order valence-corrected chi connectivity index (χ4v) is 2.73. The Morgan fingerprint density at radius 3 is 2.26 bits per heavy atom. The third kappa shape index (κ3) is 6.05. The van der Waals surface area contributed by atoms with Gasteiger partial charge in [0.05, 0.1) is 0 Å². The van der Waals surface area contributed by atoms with Crippen LogP contribution in [0.25, 0.3) is 0 Å². The summed E-state index contributed by atoms with van der Waals surface area (Å²) in [5.41, 5.74) is 0. The van der Waals surface area contributed by atoms with Crippen molar-refractivity contribution >= 4 is 11.9 Å². The lowest BCUT2D eigenvalue weighted by Gasteiger charge is -2.25. The summed E-state index contributed by atoms with van der Waals surface area (Å²) in [5.74, 6) is -0.679. The SMILES string of the molecule is CC(=O)NC(CN[C@H](C)C1CCCCCC1)C(=O)O. The first-order valence-electron chi connectivity index (χ1n) is 7.24. The first kappa shape index (κ1) is 16.0. The van der Waals surface area contributed by atoms with E-state index in [1.807, 2.05) is 0 Å². The highest BCUT2D eigenvalue weighted by Gasteiger charge is 2.22. The van der Waals surface area contributed by atoms with Crippen molar-refractivity contribution in [3.05, 3.63) is 0 Å². The second-order valence-electron chi connectivity index (χ2n) is 5.54. The van der Waals surface area contributed by atoms with Crippen molar-refractivity contribution in [1.29, 1.82) is 0 Å². The van der Waals surface area contributed by atoms with Crippen molar-refractivity contribution in [1.82, 2.24) is 10.6 Å². The maximum absolute atomic E-state index is 11.0. The zero-order chi connectivity index (χ0) is 14.3. The summed E-state index contributed by atoms with van der Waals surface area (Å²) >= 11 is 0. The highest BCUT2D eigenvalue weighted by atomic mass is 16.4. The molecule has 0 aromatic heterocycles. The van der Waals surface area contributed by atoms with Gasteiger partial charge in [-0.2, -0.15) is 0 Å². The van der Waals surface area contributed by atoms with Gasteiger partial charge in [0, 0.05) is 19.5 Å². The molecule has 5 nitrogen and oxygen atoms in total. The van der Waals surface area contributed by atoms with Crippen molar-refractivity contribution in [2.45, 2.75) is 64.5 Å². The summed E-state index contributed by atoms with van der Waals surface area (Å²) in [6, 6.07) is -0.542. The summed E-state index contributed by atoms with van der Waals surface area (Å²) in [5, 5.41) is 14.8. The molecule has 1 aliphatic rings. The average molecular weight is 270 g/mol. The Hall–Kier alpha value is -1.10. The van der Waals surface area contributed by atoms with Gasteiger partial charge < -0.3 is 15.7 Å². The van der Waals surface area contributed by atoms with Gasteiger partial charge in [-0.1, -0.05) is 25.7 Å². The minimum Gasteiger partial charge on any atom is -0.480 e. The number of nitrogens with one attached hydrogen (secondary N) is 2. The zero-order valence-corrected chi connectivity index (χ0v) is 11.9. The molecule has 0 radical (unpaired) electrons. The number of carbonyl (C=O) groups is 2. The highest BCUT2D eigenvalue weighted by Crippen LogP contribution is 2.25. The molecular formula is C14H26N2O3. The molecule has 1 unspecified atom stereocenters. The molecule has 1 fully saturated rings. The molecule has 1 amide bonds. The van der Waals surface area contributed by atoms with Gasteiger partial charge in [0.25, 0.3) is 0 Å². The normalized spacial score (nSPS) is 20.3. The molecule has 0 heterocycles. The first-order chi connectivity index (χ1) is 9.00. The molecular weight excluding hydrogens is 244 g/mol. The lowest BCUT2D eigenvalue weighted by atomic mass is 9.93. The monoisotopic (exact) mass is 270 g/mol. The molecule has 0 saturated heterocycles. The summed E-state index contributed by atoms with van der Waals surface area (Å²) in [4.78, 5) is 22.0. The number of hydrogen-bond acceptors (Lipinski definition) is 3. The van der Waals surface area contributed by atoms with Gasteiger partial charge in [0.1, 0.15) is 6.04 Å². The van der Waals surface area contributed by atoms with E-state index in [1.54, 1.807) is 0 Å². The molecule has 0 aromatic rings. The van der Waals surface area contributed by atoms with Crippen molar-refractivity contribution in [3.63, 3.8) is 0 Å². The quantitative estimate of drug-likeness (QED) is 0.639. The number of carboxylic acids is 1. The molecule has 2 atom stereocenters. The molecule has 0 aliphatic heterocycles. The van der Waals surface area contributed by atoms with Crippen molar-refractivity contribution in [2.75, 3.05) is 6.54 Å². The van der Waals surface area contributed by atoms with E-state index in [2.05, 4.69) is 17.6 Å². The fourth-order valence-electron chi connectivity index (χ4n) is 2.73. The van der Waals surface area contributed by atoms with E-state index in [0.717, 1.165) is 0 Å². The smallest absolute Gasteiger partial charge is 0.327 e. The van der Waals surface area contributed by atoms with E-state index < -0.39 is 12.0 Å². The number of rotatable bonds is 6. The van der Waals surface area contributed by atoms with Gasteiger partial charge in [-0.05, 0) is 25.7 Å². The zero-order valence-electron chi connectivity index (χ0n) is 11.9. The molecule has 1 saturated carbocycles. The number of carboxylic acid groups (broad SMARTS) is 1. The van der Waals surface area contributed by atoms with E-state index in [-0.39, 0.29) is 12.5 Å². The van der Waals surface area contributed by atoms with Crippen molar-refractivity contribution in [2.24, 2.45) is 5.92 Å². The largest absolute Gasteiger partial charge is 0.480 e. The number of carbonyl (C=O) groups excluding carboxylic acids is 1. The van der Waals surface area contributed by atoms with Crippen molar-refractivity contribution in [3.8, 4) is 0 Å². The van der Waals surface area contributed by atoms with Crippen LogP contribution in [-0.4, -0.2) is 35.6 Å². The van der Waals surface area contributed by atoms with Crippen LogP contribution < -0.4 is 10.6 Å². The predicted molar refractivity (Wildman–Crippen MR) is 73.9 cm³/mol. The van der Waals surface area contributed by atoms with Crippen LogP contribution in [-0.2, 0) is 9.59 Å². The summed E-state index contributed by atoms with van der Waals surface area (Å²) in [6.45, 7) is 3.74. The highest BCUT2D eigenvalue weighted by molar-refractivity contribution is 5.82. The van der Waals surface area contributed by atoms with E-state index >= 15 is 0 Å². The number of aliphatic carboxylic acids is 1. The van der Waals surface area contributed by atoms with Crippen LogP contribution in [0.3, 0.4) is 0 Å². The van der Waals surface area contributed by atoms with Crippen LogP contribution in [0, 0.1) is 5.92 Å². The van der Waals surface area contributed by atoms with Gasteiger partial charge >= 0.3 is 5.97 Å².